The maximum absolute atomic E-state index is 13.3. The molecule has 3 aromatic rings. The average molecular weight is 449 g/mol. The van der Waals surface area contributed by atoms with Gasteiger partial charge < -0.3 is 19.5 Å². The quantitative estimate of drug-likeness (QED) is 0.588. The summed E-state index contributed by atoms with van der Waals surface area (Å²) in [7, 11) is 0. The first-order valence-corrected chi connectivity index (χ1v) is 11.1. The SMILES string of the molecule is Cc1noc(-c2ccc(C(=O)N(CC(=O)Nc3cccc(C)c3C)CC3CCCO3)cc2)n1. The number of benzene rings is 2. The van der Waals surface area contributed by atoms with Gasteiger partial charge in [-0.25, -0.2) is 0 Å². The molecule has 8 heteroatoms. The molecule has 2 amide bonds. The second kappa shape index (κ2) is 9.95. The highest BCUT2D eigenvalue weighted by Crippen LogP contribution is 2.21. The van der Waals surface area contributed by atoms with Gasteiger partial charge in [0.1, 0.15) is 6.54 Å². The molecular weight excluding hydrogens is 420 g/mol. The smallest absolute Gasteiger partial charge is 0.257 e. The molecule has 1 N–H and O–H groups in total. The molecule has 0 saturated carbocycles. The number of anilines is 1. The molecular formula is C25H28N4O4. The van der Waals surface area contributed by atoms with Crippen LogP contribution in [0.5, 0.6) is 0 Å². The van der Waals surface area contributed by atoms with Crippen molar-refractivity contribution < 1.29 is 18.8 Å². The molecule has 1 fully saturated rings. The summed E-state index contributed by atoms with van der Waals surface area (Å²) in [6, 6.07) is 12.7. The van der Waals surface area contributed by atoms with E-state index in [0.717, 1.165) is 35.2 Å². The number of rotatable bonds is 7. The Morgan fingerprint density at radius 2 is 1.91 bits per heavy atom. The van der Waals surface area contributed by atoms with Crippen LogP contribution in [0, 0.1) is 20.8 Å². The fourth-order valence-corrected chi connectivity index (χ4v) is 3.86. The number of amides is 2. The van der Waals surface area contributed by atoms with E-state index in [4.69, 9.17) is 9.26 Å². The van der Waals surface area contributed by atoms with Crippen LogP contribution in [0.4, 0.5) is 5.69 Å². The van der Waals surface area contributed by atoms with Gasteiger partial charge in [0.15, 0.2) is 5.82 Å². The Balaban J connectivity index is 1.50. The summed E-state index contributed by atoms with van der Waals surface area (Å²) in [5, 5.41) is 6.74. The van der Waals surface area contributed by atoms with Gasteiger partial charge in [-0.2, -0.15) is 4.98 Å². The number of ether oxygens (including phenoxy) is 1. The lowest BCUT2D eigenvalue weighted by atomic mass is 10.1. The summed E-state index contributed by atoms with van der Waals surface area (Å²) in [6.07, 6.45) is 1.76. The monoisotopic (exact) mass is 448 g/mol. The first kappa shape index (κ1) is 22.7. The molecule has 1 aliphatic rings. The molecule has 1 aromatic heterocycles. The number of nitrogens with zero attached hydrogens (tertiary/aromatic N) is 3. The second-order valence-corrected chi connectivity index (χ2v) is 8.34. The lowest BCUT2D eigenvalue weighted by Crippen LogP contribution is -2.42. The zero-order valence-corrected chi connectivity index (χ0v) is 19.1. The fourth-order valence-electron chi connectivity index (χ4n) is 3.86. The Morgan fingerprint density at radius 1 is 1.12 bits per heavy atom. The third-order valence-electron chi connectivity index (χ3n) is 5.85. The third kappa shape index (κ3) is 5.46. The van der Waals surface area contributed by atoms with Crippen LogP contribution in [0.2, 0.25) is 0 Å². The Kier molecular flexibility index (Phi) is 6.84. The van der Waals surface area contributed by atoms with Crippen LogP contribution in [-0.2, 0) is 9.53 Å². The summed E-state index contributed by atoms with van der Waals surface area (Å²) in [5.41, 5.74) is 4.06. The molecule has 172 valence electrons. The summed E-state index contributed by atoms with van der Waals surface area (Å²) in [4.78, 5) is 32.0. The van der Waals surface area contributed by atoms with Gasteiger partial charge in [-0.1, -0.05) is 17.3 Å². The Hall–Kier alpha value is -3.52. The summed E-state index contributed by atoms with van der Waals surface area (Å²) < 4.78 is 10.9. The molecule has 4 rings (SSSR count). The van der Waals surface area contributed by atoms with Crippen LogP contribution >= 0.6 is 0 Å². The molecule has 0 spiro atoms. The number of carbonyl (C=O) groups excluding carboxylic acids is 2. The molecule has 0 aliphatic carbocycles. The largest absolute Gasteiger partial charge is 0.376 e. The van der Waals surface area contributed by atoms with E-state index >= 15 is 0 Å². The van der Waals surface area contributed by atoms with E-state index in [1.807, 2.05) is 32.0 Å². The highest BCUT2D eigenvalue weighted by Gasteiger charge is 2.25. The topological polar surface area (TPSA) is 97.6 Å². The van der Waals surface area contributed by atoms with Crippen LogP contribution in [0.1, 0.15) is 40.2 Å². The average Bonchev–Trinajstić information content (AvgIpc) is 3.48. The van der Waals surface area contributed by atoms with E-state index in [0.29, 0.717) is 30.4 Å². The first-order chi connectivity index (χ1) is 15.9. The van der Waals surface area contributed by atoms with Gasteiger partial charge in [0.05, 0.1) is 6.10 Å². The maximum Gasteiger partial charge on any atom is 0.257 e. The molecule has 1 atom stereocenters. The summed E-state index contributed by atoms with van der Waals surface area (Å²) in [5.74, 6) is 0.473. The minimum absolute atomic E-state index is 0.0588. The molecule has 0 bridgehead atoms. The zero-order valence-electron chi connectivity index (χ0n) is 19.1. The standard InChI is InChI=1S/C25H28N4O4/c1-16-6-4-8-22(17(16)2)27-23(30)15-29(14-21-7-5-13-32-21)25(31)20-11-9-19(10-12-20)24-26-18(3)28-33-24/h4,6,8-12,21H,5,7,13-15H2,1-3H3,(H,27,30). The molecule has 1 saturated heterocycles. The van der Waals surface area contributed by atoms with E-state index < -0.39 is 0 Å². The first-order valence-electron chi connectivity index (χ1n) is 11.1. The van der Waals surface area contributed by atoms with Crippen molar-refractivity contribution in [1.29, 1.82) is 0 Å². The van der Waals surface area contributed by atoms with Gasteiger partial charge in [-0.05, 0) is 75.1 Å². The highest BCUT2D eigenvalue weighted by molar-refractivity contribution is 5.99. The number of hydrogen-bond donors (Lipinski definition) is 1. The fraction of sp³-hybridized carbons (Fsp3) is 0.360. The lowest BCUT2D eigenvalue weighted by molar-refractivity contribution is -0.117. The van der Waals surface area contributed by atoms with Gasteiger partial charge in [0.2, 0.25) is 5.91 Å². The summed E-state index contributed by atoms with van der Waals surface area (Å²) in [6.45, 7) is 6.70. The minimum atomic E-state index is -0.243. The molecule has 8 nitrogen and oxygen atoms in total. The lowest BCUT2D eigenvalue weighted by Gasteiger charge is -2.25. The molecule has 0 radical (unpaired) electrons. The van der Waals surface area contributed by atoms with Crippen molar-refractivity contribution in [2.24, 2.45) is 0 Å². The van der Waals surface area contributed by atoms with Crippen molar-refractivity contribution in [1.82, 2.24) is 15.0 Å². The van der Waals surface area contributed by atoms with Gasteiger partial charge in [-0.15, -0.1) is 0 Å². The van der Waals surface area contributed by atoms with E-state index in [9.17, 15) is 9.59 Å². The van der Waals surface area contributed by atoms with Crippen LogP contribution in [-0.4, -0.2) is 52.7 Å². The normalized spacial score (nSPS) is 15.4. The van der Waals surface area contributed by atoms with Crippen molar-refractivity contribution in [3.8, 4) is 11.5 Å². The van der Waals surface area contributed by atoms with Crippen molar-refractivity contribution in [2.45, 2.75) is 39.7 Å². The van der Waals surface area contributed by atoms with E-state index in [1.54, 1.807) is 36.1 Å². The second-order valence-electron chi connectivity index (χ2n) is 8.34. The van der Waals surface area contributed by atoms with Crippen molar-refractivity contribution >= 4 is 17.5 Å². The van der Waals surface area contributed by atoms with Crippen LogP contribution in [0.3, 0.4) is 0 Å². The molecule has 1 unspecified atom stereocenters. The van der Waals surface area contributed by atoms with Crippen molar-refractivity contribution in [3.05, 3.63) is 65.0 Å². The Bertz CT molecular complexity index is 1130. The van der Waals surface area contributed by atoms with E-state index in [1.165, 1.54) is 0 Å². The number of nitrogens with one attached hydrogen (secondary N) is 1. The van der Waals surface area contributed by atoms with E-state index in [-0.39, 0.29) is 24.5 Å². The maximum atomic E-state index is 13.3. The number of hydrogen-bond acceptors (Lipinski definition) is 6. The highest BCUT2D eigenvalue weighted by atomic mass is 16.5. The van der Waals surface area contributed by atoms with Crippen LogP contribution in [0.25, 0.3) is 11.5 Å². The molecule has 2 heterocycles. The number of aromatic nitrogens is 2. The van der Waals surface area contributed by atoms with E-state index in [2.05, 4.69) is 15.5 Å². The van der Waals surface area contributed by atoms with Gasteiger partial charge in [-0.3, -0.25) is 9.59 Å². The van der Waals surface area contributed by atoms with Crippen LogP contribution in [0.15, 0.2) is 47.0 Å². The molecule has 1 aliphatic heterocycles. The van der Waals surface area contributed by atoms with Crippen molar-refractivity contribution in [3.63, 3.8) is 0 Å². The summed E-state index contributed by atoms with van der Waals surface area (Å²) >= 11 is 0. The third-order valence-corrected chi connectivity index (χ3v) is 5.85. The van der Waals surface area contributed by atoms with Gasteiger partial charge in [0, 0.05) is 30.0 Å². The van der Waals surface area contributed by atoms with Gasteiger partial charge in [0.25, 0.3) is 11.8 Å². The number of carbonyl (C=O) groups is 2. The number of aryl methyl sites for hydroxylation is 2. The zero-order chi connectivity index (χ0) is 23.4. The minimum Gasteiger partial charge on any atom is -0.376 e. The molecule has 2 aromatic carbocycles. The Morgan fingerprint density at radius 3 is 2.58 bits per heavy atom. The molecule has 33 heavy (non-hydrogen) atoms. The Labute approximate surface area is 192 Å². The van der Waals surface area contributed by atoms with Crippen LogP contribution < -0.4 is 5.32 Å². The predicted molar refractivity (Wildman–Crippen MR) is 124 cm³/mol. The van der Waals surface area contributed by atoms with Crippen molar-refractivity contribution in [2.75, 3.05) is 25.0 Å². The predicted octanol–water partition coefficient (Wildman–Crippen LogP) is 3.92. The van der Waals surface area contributed by atoms with Gasteiger partial charge >= 0.3 is 0 Å².